The average molecular weight is 142 g/mol. The fourth-order valence-corrected chi connectivity index (χ4v) is 1.30. The first kappa shape index (κ1) is 8.05. The van der Waals surface area contributed by atoms with Crippen LogP contribution in [0.3, 0.4) is 0 Å². The van der Waals surface area contributed by atoms with Crippen LogP contribution in [0.4, 0.5) is 0 Å². The largest absolute Gasteiger partial charge is 0.442 e. The zero-order valence-corrected chi connectivity index (χ0v) is 6.76. The van der Waals surface area contributed by atoms with Crippen molar-refractivity contribution >= 4 is 8.05 Å². The lowest BCUT2D eigenvalue weighted by Crippen LogP contribution is -2.50. The molecule has 0 aromatic rings. The van der Waals surface area contributed by atoms with Gasteiger partial charge in [0.1, 0.15) is 0 Å². The van der Waals surface area contributed by atoms with Gasteiger partial charge in [0.2, 0.25) is 0 Å². The molecule has 1 heterocycles. The Morgan fingerprint density at radius 3 is 3.20 bits per heavy atom. The van der Waals surface area contributed by atoms with E-state index in [1.54, 1.807) is 8.05 Å². The molecule has 0 amide bonds. The van der Waals surface area contributed by atoms with E-state index in [2.05, 4.69) is 17.3 Å². The summed E-state index contributed by atoms with van der Waals surface area (Å²) in [5.41, 5.74) is 0. The molecular weight excluding hydrogens is 127 g/mol. The maximum absolute atomic E-state index is 5.04. The zero-order valence-electron chi connectivity index (χ0n) is 6.76. The van der Waals surface area contributed by atoms with Crippen molar-refractivity contribution in [2.75, 3.05) is 33.3 Å². The van der Waals surface area contributed by atoms with Gasteiger partial charge in [0.15, 0.2) is 0 Å². The number of rotatable bonds is 2. The van der Waals surface area contributed by atoms with Gasteiger partial charge in [-0.05, 0) is 7.05 Å². The minimum atomic E-state index is 0.531. The van der Waals surface area contributed by atoms with Crippen molar-refractivity contribution in [2.24, 2.45) is 0 Å². The summed E-state index contributed by atoms with van der Waals surface area (Å²) >= 11 is 0. The lowest BCUT2D eigenvalue weighted by atomic mass is 10.2. The Hall–Kier alpha value is -0.0551. The first-order valence-electron chi connectivity index (χ1n) is 3.74. The maximum Gasteiger partial charge on any atom is 0.257 e. The van der Waals surface area contributed by atoms with E-state index in [1.165, 1.54) is 0 Å². The molecule has 1 atom stereocenters. The first-order chi connectivity index (χ1) is 4.83. The molecule has 3 nitrogen and oxygen atoms in total. The van der Waals surface area contributed by atoms with E-state index < -0.39 is 0 Å². The van der Waals surface area contributed by atoms with Gasteiger partial charge in [-0.2, -0.15) is 0 Å². The minimum Gasteiger partial charge on any atom is -0.442 e. The van der Waals surface area contributed by atoms with Crippen LogP contribution >= 0.6 is 0 Å². The van der Waals surface area contributed by atoms with E-state index in [9.17, 15) is 0 Å². The van der Waals surface area contributed by atoms with Gasteiger partial charge in [-0.3, -0.25) is 0 Å². The van der Waals surface area contributed by atoms with Crippen LogP contribution in [0, 0.1) is 0 Å². The molecule has 1 aliphatic heterocycles. The average Bonchev–Trinajstić information content (AvgIpc) is 1.88. The highest BCUT2D eigenvalue weighted by molar-refractivity contribution is 5.97. The van der Waals surface area contributed by atoms with Crippen molar-refractivity contribution in [1.29, 1.82) is 0 Å². The fraction of sp³-hybridized carbons (Fsp3) is 1.00. The van der Waals surface area contributed by atoms with E-state index in [0.717, 1.165) is 26.2 Å². The number of nitrogens with one attached hydrogen (secondary N) is 1. The van der Waals surface area contributed by atoms with E-state index in [-0.39, 0.29) is 0 Å². The Labute approximate surface area is 63.2 Å². The molecule has 0 bridgehead atoms. The van der Waals surface area contributed by atoms with Crippen LogP contribution in [-0.2, 0) is 4.65 Å². The highest BCUT2D eigenvalue weighted by Gasteiger charge is 2.14. The molecule has 1 rings (SSSR count). The minimum absolute atomic E-state index is 0.531. The summed E-state index contributed by atoms with van der Waals surface area (Å²) in [7, 11) is 3.89. The number of hydrogen-bond donors (Lipinski definition) is 1. The molecule has 1 N–H and O–H groups in total. The quantitative estimate of drug-likeness (QED) is 0.472. The van der Waals surface area contributed by atoms with Crippen molar-refractivity contribution < 1.29 is 4.65 Å². The molecule has 1 unspecified atom stereocenters. The highest BCUT2D eigenvalue weighted by atomic mass is 16.4. The summed E-state index contributed by atoms with van der Waals surface area (Å²) in [5.74, 6) is 0. The number of nitrogens with zero attached hydrogens (tertiary/aromatic N) is 1. The van der Waals surface area contributed by atoms with E-state index in [1.807, 2.05) is 0 Å². The van der Waals surface area contributed by atoms with Gasteiger partial charge < -0.3 is 14.9 Å². The van der Waals surface area contributed by atoms with Gasteiger partial charge in [-0.25, -0.2) is 0 Å². The van der Waals surface area contributed by atoms with E-state index in [0.29, 0.717) is 6.04 Å². The molecular formula is C6H15BN2O. The van der Waals surface area contributed by atoms with Crippen LogP contribution in [0.5, 0.6) is 0 Å². The van der Waals surface area contributed by atoms with E-state index >= 15 is 0 Å². The SMILES string of the molecule is BOCC1CN(C)CCN1. The number of likely N-dealkylation sites (N-methyl/N-ethyl adjacent to an activating group) is 1. The van der Waals surface area contributed by atoms with Gasteiger partial charge in [0, 0.05) is 32.3 Å². The van der Waals surface area contributed by atoms with Crippen LogP contribution in [0.15, 0.2) is 0 Å². The monoisotopic (exact) mass is 142 g/mol. The van der Waals surface area contributed by atoms with Crippen molar-refractivity contribution in [2.45, 2.75) is 6.04 Å². The van der Waals surface area contributed by atoms with Crippen LogP contribution < -0.4 is 5.32 Å². The molecule has 0 spiro atoms. The second kappa shape index (κ2) is 3.96. The molecule has 1 fully saturated rings. The molecule has 0 aliphatic carbocycles. The van der Waals surface area contributed by atoms with Gasteiger partial charge >= 0.3 is 0 Å². The standard InChI is InChI=1S/C6H15BN2O/c1-9-3-2-8-6(4-9)5-10-7/h6,8H,2-5,7H2,1H3. The Morgan fingerprint density at radius 2 is 2.60 bits per heavy atom. The van der Waals surface area contributed by atoms with Crippen LogP contribution in [-0.4, -0.2) is 52.3 Å². The second-order valence-electron chi connectivity index (χ2n) is 2.87. The zero-order chi connectivity index (χ0) is 7.40. The summed E-state index contributed by atoms with van der Waals surface area (Å²) in [6, 6.07) is 0.531. The normalized spacial score (nSPS) is 28.7. The Balaban J connectivity index is 2.18. The smallest absolute Gasteiger partial charge is 0.257 e. The summed E-state index contributed by atoms with van der Waals surface area (Å²) in [4.78, 5) is 2.32. The molecule has 1 saturated heterocycles. The summed E-state index contributed by atoms with van der Waals surface area (Å²) in [6.45, 7) is 4.17. The lowest BCUT2D eigenvalue weighted by Gasteiger charge is -2.30. The molecule has 0 radical (unpaired) electrons. The van der Waals surface area contributed by atoms with Crippen molar-refractivity contribution in [3.8, 4) is 0 Å². The molecule has 4 heteroatoms. The summed E-state index contributed by atoms with van der Waals surface area (Å²) in [6.07, 6.45) is 0. The van der Waals surface area contributed by atoms with Crippen molar-refractivity contribution in [1.82, 2.24) is 10.2 Å². The molecule has 0 aromatic carbocycles. The topological polar surface area (TPSA) is 24.5 Å². The van der Waals surface area contributed by atoms with Crippen LogP contribution in [0.25, 0.3) is 0 Å². The Bertz CT molecular complexity index is 99.7. The third-order valence-electron chi connectivity index (χ3n) is 1.83. The third-order valence-corrected chi connectivity index (χ3v) is 1.83. The van der Waals surface area contributed by atoms with Gasteiger partial charge in [-0.15, -0.1) is 0 Å². The number of piperazine rings is 1. The second-order valence-corrected chi connectivity index (χ2v) is 2.87. The molecule has 10 heavy (non-hydrogen) atoms. The predicted octanol–water partition coefficient (Wildman–Crippen LogP) is -1.55. The first-order valence-corrected chi connectivity index (χ1v) is 3.74. The predicted molar refractivity (Wildman–Crippen MR) is 43.8 cm³/mol. The lowest BCUT2D eigenvalue weighted by molar-refractivity contribution is 0.187. The maximum atomic E-state index is 5.04. The summed E-state index contributed by atoms with van der Waals surface area (Å²) in [5, 5.41) is 3.38. The van der Waals surface area contributed by atoms with Crippen LogP contribution in [0.2, 0.25) is 0 Å². The van der Waals surface area contributed by atoms with Crippen LogP contribution in [0.1, 0.15) is 0 Å². The molecule has 0 aromatic heterocycles. The number of hydrogen-bond acceptors (Lipinski definition) is 3. The van der Waals surface area contributed by atoms with E-state index in [4.69, 9.17) is 4.65 Å². The van der Waals surface area contributed by atoms with Crippen molar-refractivity contribution in [3.05, 3.63) is 0 Å². The fourth-order valence-electron chi connectivity index (χ4n) is 1.30. The van der Waals surface area contributed by atoms with Gasteiger partial charge in [0.25, 0.3) is 8.05 Å². The molecule has 1 aliphatic rings. The van der Waals surface area contributed by atoms with Gasteiger partial charge in [-0.1, -0.05) is 0 Å². The molecule has 0 saturated carbocycles. The van der Waals surface area contributed by atoms with Crippen molar-refractivity contribution in [3.63, 3.8) is 0 Å². The Morgan fingerprint density at radius 1 is 1.80 bits per heavy atom. The van der Waals surface area contributed by atoms with Gasteiger partial charge in [0.05, 0.1) is 0 Å². The Kier molecular flexibility index (Phi) is 3.18. The third kappa shape index (κ3) is 2.29. The highest BCUT2D eigenvalue weighted by Crippen LogP contribution is 1.94. The molecule has 58 valence electrons. The summed E-state index contributed by atoms with van der Waals surface area (Å²) < 4.78 is 5.04.